The lowest BCUT2D eigenvalue weighted by molar-refractivity contribution is -0.141. The number of nitrogens with one attached hydrogen (secondary N) is 1. The lowest BCUT2D eigenvalue weighted by Crippen LogP contribution is -2.35. The van der Waals surface area contributed by atoms with Crippen molar-refractivity contribution in [2.24, 2.45) is 5.92 Å². The Labute approximate surface area is 97.8 Å². The van der Waals surface area contributed by atoms with E-state index >= 15 is 0 Å². The van der Waals surface area contributed by atoms with E-state index in [-0.39, 0.29) is 24.4 Å². The van der Waals surface area contributed by atoms with Crippen molar-refractivity contribution in [3.63, 3.8) is 0 Å². The van der Waals surface area contributed by atoms with E-state index in [0.717, 1.165) is 6.42 Å². The second kappa shape index (κ2) is 4.94. The van der Waals surface area contributed by atoms with Crippen LogP contribution in [0.5, 0.6) is 0 Å². The molecule has 2 atom stereocenters. The molecule has 1 aliphatic rings. The highest BCUT2D eigenvalue weighted by Gasteiger charge is 2.30. The van der Waals surface area contributed by atoms with Crippen LogP contribution in [0.3, 0.4) is 0 Å². The third-order valence-corrected chi connectivity index (χ3v) is 2.92. The third-order valence-electron chi connectivity index (χ3n) is 2.92. The predicted molar refractivity (Wildman–Crippen MR) is 56.9 cm³/mol. The zero-order chi connectivity index (χ0) is 12.3. The molecule has 1 saturated carbocycles. The molecular weight excluding hydrogens is 224 g/mol. The average Bonchev–Trinajstić information content (AvgIpc) is 2.88. The first-order valence-corrected chi connectivity index (χ1v) is 5.51. The van der Waals surface area contributed by atoms with Gasteiger partial charge in [-0.25, -0.2) is 4.68 Å². The van der Waals surface area contributed by atoms with Crippen molar-refractivity contribution in [3.8, 4) is 0 Å². The van der Waals surface area contributed by atoms with Crippen LogP contribution in [0.25, 0.3) is 0 Å². The fourth-order valence-corrected chi connectivity index (χ4v) is 2.07. The Morgan fingerprint density at radius 1 is 1.47 bits per heavy atom. The highest BCUT2D eigenvalue weighted by molar-refractivity contribution is 5.76. The van der Waals surface area contributed by atoms with Gasteiger partial charge in [-0.15, -0.1) is 5.10 Å². The maximum atomic E-state index is 11.6. The molecule has 2 N–H and O–H groups in total. The summed E-state index contributed by atoms with van der Waals surface area (Å²) in [6.07, 6.45) is 4.97. The molecule has 1 heterocycles. The number of carboxylic acids is 1. The van der Waals surface area contributed by atoms with E-state index in [1.165, 1.54) is 10.9 Å². The molecule has 17 heavy (non-hydrogen) atoms. The first-order chi connectivity index (χ1) is 8.15. The van der Waals surface area contributed by atoms with Gasteiger partial charge in [0, 0.05) is 12.2 Å². The Balaban J connectivity index is 1.78. The van der Waals surface area contributed by atoms with Gasteiger partial charge in [-0.1, -0.05) is 5.21 Å². The van der Waals surface area contributed by atoms with Crippen molar-refractivity contribution in [2.75, 3.05) is 0 Å². The topological polar surface area (TPSA) is 97.1 Å². The maximum Gasteiger partial charge on any atom is 0.306 e. The molecule has 7 nitrogen and oxygen atoms in total. The molecule has 1 aliphatic carbocycles. The van der Waals surface area contributed by atoms with E-state index in [9.17, 15) is 9.59 Å². The Morgan fingerprint density at radius 3 is 2.88 bits per heavy atom. The minimum Gasteiger partial charge on any atom is -0.481 e. The summed E-state index contributed by atoms with van der Waals surface area (Å²) in [6.45, 7) is 0.119. The van der Waals surface area contributed by atoms with E-state index in [0.29, 0.717) is 12.8 Å². The van der Waals surface area contributed by atoms with Crippen LogP contribution in [-0.4, -0.2) is 38.0 Å². The molecule has 0 spiro atoms. The van der Waals surface area contributed by atoms with Crippen molar-refractivity contribution < 1.29 is 14.7 Å². The van der Waals surface area contributed by atoms with Gasteiger partial charge in [0.2, 0.25) is 5.91 Å². The Hall–Kier alpha value is -1.92. The van der Waals surface area contributed by atoms with Crippen LogP contribution in [0, 0.1) is 5.92 Å². The van der Waals surface area contributed by atoms with E-state index in [1.807, 2.05) is 0 Å². The van der Waals surface area contributed by atoms with E-state index in [4.69, 9.17) is 5.11 Å². The molecule has 0 aromatic carbocycles. The zero-order valence-corrected chi connectivity index (χ0v) is 9.24. The van der Waals surface area contributed by atoms with Crippen LogP contribution in [0.15, 0.2) is 12.4 Å². The summed E-state index contributed by atoms with van der Waals surface area (Å²) in [7, 11) is 0. The van der Waals surface area contributed by atoms with Crippen molar-refractivity contribution in [2.45, 2.75) is 31.8 Å². The van der Waals surface area contributed by atoms with Gasteiger partial charge in [0.05, 0.1) is 12.1 Å². The standard InChI is InChI=1S/C10H14N4O3/c15-9(6-14-4-3-11-13-14)12-8-2-1-7(5-8)10(16)17/h3-4,7-8H,1-2,5-6H2,(H,12,15)(H,16,17). The second-order valence-corrected chi connectivity index (χ2v) is 4.21. The summed E-state index contributed by atoms with van der Waals surface area (Å²) >= 11 is 0. The zero-order valence-electron chi connectivity index (χ0n) is 9.24. The highest BCUT2D eigenvalue weighted by atomic mass is 16.4. The first kappa shape index (κ1) is 11.6. The number of hydrogen-bond donors (Lipinski definition) is 2. The molecule has 0 bridgehead atoms. The number of hydrogen-bond acceptors (Lipinski definition) is 4. The minimum absolute atomic E-state index is 0.0351. The molecule has 2 rings (SSSR count). The number of rotatable bonds is 4. The van der Waals surface area contributed by atoms with Gasteiger partial charge < -0.3 is 10.4 Å². The summed E-state index contributed by atoms with van der Waals surface area (Å²) in [5, 5.41) is 18.9. The lowest BCUT2D eigenvalue weighted by atomic mass is 10.1. The molecule has 1 aromatic rings. The van der Waals surface area contributed by atoms with Crippen LogP contribution in [0.1, 0.15) is 19.3 Å². The third kappa shape index (κ3) is 3.02. The van der Waals surface area contributed by atoms with E-state index in [2.05, 4.69) is 15.6 Å². The SMILES string of the molecule is O=C(Cn1ccnn1)NC1CCC(C(=O)O)C1. The average molecular weight is 238 g/mol. The number of aliphatic carboxylic acids is 1. The van der Waals surface area contributed by atoms with Gasteiger partial charge in [-0.2, -0.15) is 0 Å². The summed E-state index contributed by atoms with van der Waals surface area (Å²) in [4.78, 5) is 22.3. The summed E-state index contributed by atoms with van der Waals surface area (Å²) < 4.78 is 1.43. The van der Waals surface area contributed by atoms with Crippen molar-refractivity contribution >= 4 is 11.9 Å². The Kier molecular flexibility index (Phi) is 3.36. The van der Waals surface area contributed by atoms with Crippen LogP contribution < -0.4 is 5.32 Å². The van der Waals surface area contributed by atoms with Gasteiger partial charge >= 0.3 is 5.97 Å². The maximum absolute atomic E-state index is 11.6. The number of carboxylic acid groups (broad SMARTS) is 1. The molecule has 1 amide bonds. The van der Waals surface area contributed by atoms with Gasteiger partial charge in [0.15, 0.2) is 0 Å². The number of nitrogens with zero attached hydrogens (tertiary/aromatic N) is 3. The Bertz CT molecular complexity index is 404. The molecule has 92 valence electrons. The molecule has 1 fully saturated rings. The van der Waals surface area contributed by atoms with Crippen LogP contribution in [0.4, 0.5) is 0 Å². The summed E-state index contributed by atoms with van der Waals surface area (Å²) in [5.74, 6) is -1.27. The first-order valence-electron chi connectivity index (χ1n) is 5.51. The van der Waals surface area contributed by atoms with Crippen LogP contribution in [0.2, 0.25) is 0 Å². The molecule has 0 aliphatic heterocycles. The number of carbonyl (C=O) groups is 2. The fourth-order valence-electron chi connectivity index (χ4n) is 2.07. The minimum atomic E-state index is -0.780. The highest BCUT2D eigenvalue weighted by Crippen LogP contribution is 2.25. The van der Waals surface area contributed by atoms with Crippen molar-refractivity contribution in [3.05, 3.63) is 12.4 Å². The molecule has 0 radical (unpaired) electrons. The Morgan fingerprint density at radius 2 is 2.29 bits per heavy atom. The van der Waals surface area contributed by atoms with Crippen molar-refractivity contribution in [1.29, 1.82) is 0 Å². The van der Waals surface area contributed by atoms with Gasteiger partial charge in [0.1, 0.15) is 6.54 Å². The molecule has 1 aromatic heterocycles. The van der Waals surface area contributed by atoms with Crippen LogP contribution in [-0.2, 0) is 16.1 Å². The van der Waals surface area contributed by atoms with Gasteiger partial charge in [-0.05, 0) is 19.3 Å². The summed E-state index contributed by atoms with van der Waals surface area (Å²) in [6, 6.07) is -0.0351. The van der Waals surface area contributed by atoms with Crippen molar-refractivity contribution in [1.82, 2.24) is 20.3 Å². The molecular formula is C10H14N4O3. The lowest BCUT2D eigenvalue weighted by Gasteiger charge is -2.12. The second-order valence-electron chi connectivity index (χ2n) is 4.21. The largest absolute Gasteiger partial charge is 0.481 e. The van der Waals surface area contributed by atoms with E-state index < -0.39 is 5.97 Å². The normalized spacial score (nSPS) is 23.5. The molecule has 2 unspecified atom stereocenters. The monoisotopic (exact) mass is 238 g/mol. The van der Waals surface area contributed by atoms with Crippen LogP contribution >= 0.6 is 0 Å². The molecule has 0 saturated heterocycles. The van der Waals surface area contributed by atoms with Gasteiger partial charge in [0.25, 0.3) is 0 Å². The summed E-state index contributed by atoms with van der Waals surface area (Å²) in [5.41, 5.74) is 0. The van der Waals surface area contributed by atoms with Gasteiger partial charge in [-0.3, -0.25) is 9.59 Å². The number of aromatic nitrogens is 3. The number of amides is 1. The fraction of sp³-hybridized carbons (Fsp3) is 0.600. The quantitative estimate of drug-likeness (QED) is 0.747. The molecule has 7 heteroatoms. The number of carbonyl (C=O) groups excluding carboxylic acids is 1. The van der Waals surface area contributed by atoms with E-state index in [1.54, 1.807) is 6.20 Å². The smallest absolute Gasteiger partial charge is 0.306 e. The predicted octanol–water partition coefficient (Wildman–Crippen LogP) is -0.352.